The lowest BCUT2D eigenvalue weighted by Crippen LogP contribution is -2.28. The summed E-state index contributed by atoms with van der Waals surface area (Å²) in [6, 6.07) is 4.26. The van der Waals surface area contributed by atoms with Gasteiger partial charge in [0.1, 0.15) is 5.75 Å². The summed E-state index contributed by atoms with van der Waals surface area (Å²) in [4.78, 5) is 5.14. The summed E-state index contributed by atoms with van der Waals surface area (Å²) in [6.45, 7) is 8.01. The summed E-state index contributed by atoms with van der Waals surface area (Å²) < 4.78 is 12.3. The Morgan fingerprint density at radius 1 is 1.50 bits per heavy atom. The molecule has 0 saturated heterocycles. The van der Waals surface area contributed by atoms with Gasteiger partial charge in [0, 0.05) is 17.8 Å². The van der Waals surface area contributed by atoms with Gasteiger partial charge in [-0.15, -0.1) is 0 Å². The van der Waals surface area contributed by atoms with Gasteiger partial charge in [0.25, 0.3) is 0 Å². The highest BCUT2D eigenvalue weighted by Gasteiger charge is 2.46. The highest BCUT2D eigenvalue weighted by atomic mass is 32.2. The summed E-state index contributed by atoms with van der Waals surface area (Å²) in [5.74, 6) is 1.21. The molecule has 20 heavy (non-hydrogen) atoms. The van der Waals surface area contributed by atoms with Crippen molar-refractivity contribution in [2.45, 2.75) is 56.4 Å². The Morgan fingerprint density at radius 2 is 2.15 bits per heavy atom. The number of hydrogen-bond donors (Lipinski definition) is 1. The second-order valence-electron chi connectivity index (χ2n) is 6.27. The van der Waals surface area contributed by atoms with Crippen LogP contribution in [0.1, 0.15) is 46.1 Å². The standard InChI is InChI=1S/C15H21N3OS/c1-5-20(19)12-8-11(15(10-16)6-7-15)9-17-13(12)18-14(2,3)4/h8-9H,5-7H2,1-4H3,(H,17,18). The molecule has 0 spiro atoms. The Bertz CT molecular complexity index is 541. The summed E-state index contributed by atoms with van der Waals surface area (Å²) in [6.07, 6.45) is 3.49. The van der Waals surface area contributed by atoms with E-state index in [1.807, 2.05) is 33.8 Å². The molecule has 0 aromatic carbocycles. The maximum absolute atomic E-state index is 12.3. The quantitative estimate of drug-likeness (QED) is 0.866. The van der Waals surface area contributed by atoms with E-state index in [2.05, 4.69) is 16.4 Å². The van der Waals surface area contributed by atoms with Gasteiger partial charge < -0.3 is 9.87 Å². The van der Waals surface area contributed by atoms with E-state index in [0.29, 0.717) is 16.5 Å². The second kappa shape index (κ2) is 5.27. The molecule has 0 bridgehead atoms. The van der Waals surface area contributed by atoms with Gasteiger partial charge in [0.05, 0.1) is 11.5 Å². The molecule has 1 heterocycles. The molecular formula is C15H21N3OS. The molecule has 2 rings (SSSR count). The first-order chi connectivity index (χ1) is 9.31. The Kier molecular flexibility index (Phi) is 3.99. The van der Waals surface area contributed by atoms with Crippen LogP contribution in [0.15, 0.2) is 17.2 Å². The number of pyridine rings is 1. The molecule has 1 N–H and O–H groups in total. The van der Waals surface area contributed by atoms with E-state index in [1.54, 1.807) is 6.20 Å². The molecule has 1 fully saturated rings. The van der Waals surface area contributed by atoms with Crippen molar-refractivity contribution in [2.75, 3.05) is 11.1 Å². The number of nitriles is 1. The van der Waals surface area contributed by atoms with Gasteiger partial charge >= 0.3 is 0 Å². The molecule has 1 unspecified atom stereocenters. The minimum absolute atomic E-state index is 0.145. The molecule has 4 nitrogen and oxygen atoms in total. The van der Waals surface area contributed by atoms with Crippen molar-refractivity contribution >= 4 is 17.0 Å². The Morgan fingerprint density at radius 3 is 2.60 bits per heavy atom. The Balaban J connectivity index is 2.41. The van der Waals surface area contributed by atoms with E-state index in [0.717, 1.165) is 18.4 Å². The van der Waals surface area contributed by atoms with E-state index >= 15 is 0 Å². The third-order valence-corrected chi connectivity index (χ3v) is 4.70. The van der Waals surface area contributed by atoms with Crippen molar-refractivity contribution in [1.82, 2.24) is 4.98 Å². The number of nitrogens with one attached hydrogen (secondary N) is 1. The number of anilines is 1. The average molecular weight is 291 g/mol. The first-order valence-electron chi connectivity index (χ1n) is 6.90. The van der Waals surface area contributed by atoms with Crippen LogP contribution in [0.25, 0.3) is 0 Å². The molecule has 108 valence electrons. The predicted molar refractivity (Wildman–Crippen MR) is 81.1 cm³/mol. The SMILES string of the molecule is CC[S+]([O-])c1cc(C2(C#N)CC2)cnc1NC(C)(C)C. The molecule has 1 aliphatic rings. The summed E-state index contributed by atoms with van der Waals surface area (Å²) in [5.41, 5.74) is 0.365. The van der Waals surface area contributed by atoms with Gasteiger partial charge in [0.15, 0.2) is 10.7 Å². The zero-order chi connectivity index (χ0) is 15.0. The highest BCUT2D eigenvalue weighted by molar-refractivity contribution is 7.91. The maximum atomic E-state index is 12.3. The van der Waals surface area contributed by atoms with Crippen molar-refractivity contribution in [3.8, 4) is 6.07 Å². The van der Waals surface area contributed by atoms with E-state index in [-0.39, 0.29) is 11.0 Å². The minimum Gasteiger partial charge on any atom is -0.611 e. The fraction of sp³-hybridized carbons (Fsp3) is 0.600. The smallest absolute Gasteiger partial charge is 0.195 e. The normalized spacial score (nSPS) is 18.2. The summed E-state index contributed by atoms with van der Waals surface area (Å²) in [5, 5.41) is 12.6. The first-order valence-corrected chi connectivity index (χ1v) is 8.21. The second-order valence-corrected chi connectivity index (χ2v) is 7.98. The molecule has 0 radical (unpaired) electrons. The van der Waals surface area contributed by atoms with Gasteiger partial charge in [-0.05, 0) is 57.3 Å². The zero-order valence-corrected chi connectivity index (χ0v) is 13.3. The Hall–Kier alpha value is -1.25. The molecular weight excluding hydrogens is 270 g/mol. The highest BCUT2D eigenvalue weighted by Crippen LogP contribution is 2.48. The molecule has 1 atom stereocenters. The third-order valence-electron chi connectivity index (χ3n) is 3.37. The molecule has 0 aliphatic heterocycles. The average Bonchev–Trinajstić information content (AvgIpc) is 3.17. The van der Waals surface area contributed by atoms with Gasteiger partial charge in [-0.3, -0.25) is 0 Å². The lowest BCUT2D eigenvalue weighted by molar-refractivity contribution is 0.593. The van der Waals surface area contributed by atoms with Crippen LogP contribution < -0.4 is 5.32 Å². The molecule has 1 aliphatic carbocycles. The zero-order valence-electron chi connectivity index (χ0n) is 12.5. The van der Waals surface area contributed by atoms with E-state index in [9.17, 15) is 9.81 Å². The van der Waals surface area contributed by atoms with Crippen LogP contribution in [0, 0.1) is 11.3 Å². The van der Waals surface area contributed by atoms with E-state index in [4.69, 9.17) is 0 Å². The molecule has 1 aromatic rings. The van der Waals surface area contributed by atoms with Gasteiger partial charge in [-0.25, -0.2) is 4.98 Å². The first kappa shape index (κ1) is 15.1. The van der Waals surface area contributed by atoms with Crippen LogP contribution >= 0.6 is 0 Å². The molecule has 0 amide bonds. The van der Waals surface area contributed by atoms with Crippen molar-refractivity contribution in [3.05, 3.63) is 17.8 Å². The summed E-state index contributed by atoms with van der Waals surface area (Å²) in [7, 11) is 0. The van der Waals surface area contributed by atoms with Gasteiger partial charge in [0.2, 0.25) is 0 Å². The van der Waals surface area contributed by atoms with Crippen LogP contribution in [-0.4, -0.2) is 20.8 Å². The molecule has 1 saturated carbocycles. The predicted octanol–water partition coefficient (Wildman–Crippen LogP) is 2.97. The molecule has 5 heteroatoms. The fourth-order valence-electron chi connectivity index (χ4n) is 2.07. The number of aromatic nitrogens is 1. The number of hydrogen-bond acceptors (Lipinski definition) is 4. The Labute approximate surface area is 123 Å². The van der Waals surface area contributed by atoms with Crippen molar-refractivity contribution in [1.29, 1.82) is 5.26 Å². The van der Waals surface area contributed by atoms with Crippen LogP contribution in [0.3, 0.4) is 0 Å². The fourth-order valence-corrected chi connectivity index (χ4v) is 2.96. The van der Waals surface area contributed by atoms with Crippen molar-refractivity contribution in [2.24, 2.45) is 0 Å². The molecule has 1 aromatic heterocycles. The van der Waals surface area contributed by atoms with Gasteiger partial charge in [-0.2, -0.15) is 5.26 Å². The van der Waals surface area contributed by atoms with Crippen molar-refractivity contribution in [3.63, 3.8) is 0 Å². The number of nitrogens with zero attached hydrogens (tertiary/aromatic N) is 2. The van der Waals surface area contributed by atoms with E-state index in [1.165, 1.54) is 0 Å². The topological polar surface area (TPSA) is 71.8 Å². The largest absolute Gasteiger partial charge is 0.611 e. The van der Waals surface area contributed by atoms with Gasteiger partial charge in [-0.1, -0.05) is 0 Å². The number of rotatable bonds is 4. The van der Waals surface area contributed by atoms with Crippen LogP contribution in [0.4, 0.5) is 5.82 Å². The minimum atomic E-state index is -1.09. The maximum Gasteiger partial charge on any atom is 0.195 e. The van der Waals surface area contributed by atoms with Crippen LogP contribution in [-0.2, 0) is 16.6 Å². The van der Waals surface area contributed by atoms with Crippen LogP contribution in [0.2, 0.25) is 0 Å². The van der Waals surface area contributed by atoms with Crippen molar-refractivity contribution < 1.29 is 4.55 Å². The van der Waals surface area contributed by atoms with Crippen LogP contribution in [0.5, 0.6) is 0 Å². The van der Waals surface area contributed by atoms with E-state index < -0.39 is 11.2 Å². The monoisotopic (exact) mass is 291 g/mol. The lowest BCUT2D eigenvalue weighted by atomic mass is 10.00. The lowest BCUT2D eigenvalue weighted by Gasteiger charge is -2.23. The summed E-state index contributed by atoms with van der Waals surface area (Å²) >= 11 is -1.09. The third kappa shape index (κ3) is 3.08.